The minimum Gasteiger partial charge on any atom is -0.481 e. The van der Waals surface area contributed by atoms with Crippen molar-refractivity contribution in [1.29, 1.82) is 0 Å². The third kappa shape index (κ3) is 10.5. The number of benzene rings is 1. The zero-order valence-corrected chi connectivity index (χ0v) is 20.5. The van der Waals surface area contributed by atoms with E-state index in [0.29, 0.717) is 23.3 Å². The van der Waals surface area contributed by atoms with Crippen molar-refractivity contribution in [3.05, 3.63) is 34.3 Å². The predicted octanol–water partition coefficient (Wildman–Crippen LogP) is 2.58. The Balaban J connectivity index is 0.000000722. The highest BCUT2D eigenvalue weighted by Crippen LogP contribution is 2.18. The minimum atomic E-state index is -1.12. The summed E-state index contributed by atoms with van der Waals surface area (Å²) in [6.07, 6.45) is 2.35. The number of rotatable bonds is 8. The van der Waals surface area contributed by atoms with Crippen molar-refractivity contribution in [3.63, 3.8) is 0 Å². The van der Waals surface area contributed by atoms with Gasteiger partial charge in [-0.05, 0) is 51.3 Å². The van der Waals surface area contributed by atoms with E-state index in [2.05, 4.69) is 5.32 Å². The van der Waals surface area contributed by atoms with Crippen molar-refractivity contribution < 1.29 is 29.1 Å². The number of nitrogens with zero attached hydrogens (tertiary/aromatic N) is 1. The molecule has 0 spiro atoms. The van der Waals surface area contributed by atoms with Crippen molar-refractivity contribution >= 4 is 42.1 Å². The van der Waals surface area contributed by atoms with Crippen molar-refractivity contribution in [2.45, 2.75) is 72.0 Å². The summed E-state index contributed by atoms with van der Waals surface area (Å²) < 4.78 is 0. The van der Waals surface area contributed by atoms with Crippen LogP contribution < -0.4 is 10.6 Å². The quantitative estimate of drug-likeness (QED) is 0.487. The standard InChI is InChI=1S/C16H21ClN2O2.C5H7NO4.C2H6/c1-10-6-7-13(17)9-14(10)15(20)18-12(3)16(21)19-8-4-5-11(19)2;7-2-4(6-3-8)1-5(9)10;1-2/h6-7,9,11-12H,4-5,8H2,1-3H3,(H,18,20);2-4H,1H2,(H,6,8)(H,9,10);1-2H3. The van der Waals surface area contributed by atoms with Gasteiger partial charge in [-0.25, -0.2) is 0 Å². The number of carbonyl (C=O) groups is 5. The van der Waals surface area contributed by atoms with Crippen molar-refractivity contribution in [1.82, 2.24) is 15.5 Å². The lowest BCUT2D eigenvalue weighted by Gasteiger charge is -2.25. The molecule has 1 aromatic rings. The Morgan fingerprint density at radius 2 is 1.91 bits per heavy atom. The van der Waals surface area contributed by atoms with Crippen LogP contribution in [0, 0.1) is 6.92 Å². The van der Waals surface area contributed by atoms with E-state index in [1.807, 2.05) is 37.9 Å². The molecule has 2 rings (SSSR count). The number of aldehydes is 1. The molecule has 0 bridgehead atoms. The Morgan fingerprint density at radius 3 is 2.39 bits per heavy atom. The Bertz CT molecular complexity index is 817. The van der Waals surface area contributed by atoms with E-state index in [0.717, 1.165) is 24.9 Å². The third-order valence-electron chi connectivity index (χ3n) is 4.84. The first-order valence-electron chi connectivity index (χ1n) is 10.8. The molecule has 3 unspecified atom stereocenters. The average Bonchev–Trinajstić information content (AvgIpc) is 3.21. The maximum Gasteiger partial charge on any atom is 0.305 e. The zero-order chi connectivity index (χ0) is 25.6. The van der Waals surface area contributed by atoms with Crippen LogP contribution in [0.4, 0.5) is 0 Å². The number of hydrogen-bond acceptors (Lipinski definition) is 5. The molecule has 0 aromatic heterocycles. The molecule has 1 aliphatic heterocycles. The molecule has 3 atom stereocenters. The second-order valence-electron chi connectivity index (χ2n) is 7.30. The largest absolute Gasteiger partial charge is 0.481 e. The molecule has 0 radical (unpaired) electrons. The minimum absolute atomic E-state index is 0.0203. The van der Waals surface area contributed by atoms with Crippen LogP contribution in [0.5, 0.6) is 0 Å². The number of likely N-dealkylation sites (tertiary alicyclic amines) is 1. The molecule has 9 nitrogen and oxygen atoms in total. The Morgan fingerprint density at radius 1 is 1.27 bits per heavy atom. The molecule has 3 amide bonds. The van der Waals surface area contributed by atoms with Crippen LogP contribution in [0.15, 0.2) is 18.2 Å². The SMILES string of the molecule is CC.Cc1ccc(Cl)cc1C(=O)NC(C)C(=O)N1CCCC1C.O=CNC(C=O)CC(=O)O. The topological polar surface area (TPSA) is 133 Å². The fourth-order valence-corrected chi connectivity index (χ4v) is 3.28. The molecule has 1 fully saturated rings. The first-order chi connectivity index (χ1) is 15.6. The molecule has 1 heterocycles. The smallest absolute Gasteiger partial charge is 0.305 e. The zero-order valence-electron chi connectivity index (χ0n) is 19.8. The molecule has 0 aliphatic carbocycles. The molecule has 1 aliphatic rings. The number of aliphatic carboxylic acids is 1. The van der Waals surface area contributed by atoms with Crippen molar-refractivity contribution in [3.8, 4) is 0 Å². The summed E-state index contributed by atoms with van der Waals surface area (Å²) in [5.41, 5.74) is 1.35. The molecule has 10 heteroatoms. The number of carboxylic acids is 1. The lowest BCUT2D eigenvalue weighted by Crippen LogP contribution is -2.48. The highest BCUT2D eigenvalue weighted by Gasteiger charge is 2.29. The van der Waals surface area contributed by atoms with Gasteiger partial charge in [-0.15, -0.1) is 0 Å². The second-order valence-corrected chi connectivity index (χ2v) is 7.74. The number of halogens is 1. The summed E-state index contributed by atoms with van der Waals surface area (Å²) in [6, 6.07) is 3.98. The highest BCUT2D eigenvalue weighted by molar-refractivity contribution is 6.31. The van der Waals surface area contributed by atoms with E-state index in [4.69, 9.17) is 16.7 Å². The van der Waals surface area contributed by atoms with Crippen LogP contribution in [0.2, 0.25) is 5.02 Å². The fourth-order valence-electron chi connectivity index (χ4n) is 3.11. The predicted molar refractivity (Wildman–Crippen MR) is 126 cm³/mol. The summed E-state index contributed by atoms with van der Waals surface area (Å²) >= 11 is 5.93. The number of carboxylic acid groups (broad SMARTS) is 1. The summed E-state index contributed by atoms with van der Waals surface area (Å²) in [6.45, 7) is 10.4. The number of aryl methyl sites for hydroxylation is 1. The third-order valence-corrected chi connectivity index (χ3v) is 5.07. The van der Waals surface area contributed by atoms with Gasteiger partial charge in [0.2, 0.25) is 12.3 Å². The van der Waals surface area contributed by atoms with Gasteiger partial charge in [-0.2, -0.15) is 0 Å². The molecular weight excluding hydrogens is 450 g/mol. The maximum absolute atomic E-state index is 12.4. The summed E-state index contributed by atoms with van der Waals surface area (Å²) in [4.78, 5) is 56.1. The van der Waals surface area contributed by atoms with Crippen LogP contribution in [0.3, 0.4) is 0 Å². The molecular formula is C23H34ClN3O6. The molecule has 184 valence electrons. The van der Waals surface area contributed by atoms with Gasteiger partial charge in [0.15, 0.2) is 0 Å². The number of carbonyl (C=O) groups excluding carboxylic acids is 4. The fraction of sp³-hybridized carbons (Fsp3) is 0.522. The van der Waals surface area contributed by atoms with Gasteiger partial charge in [-0.1, -0.05) is 31.5 Å². The van der Waals surface area contributed by atoms with Crippen LogP contribution in [0.1, 0.15) is 62.9 Å². The number of nitrogens with one attached hydrogen (secondary N) is 2. The second kappa shape index (κ2) is 15.8. The molecule has 1 aromatic carbocycles. The first kappa shape index (κ1) is 30.1. The van der Waals surface area contributed by atoms with Gasteiger partial charge >= 0.3 is 5.97 Å². The van der Waals surface area contributed by atoms with E-state index in [9.17, 15) is 24.0 Å². The van der Waals surface area contributed by atoms with E-state index in [-0.39, 0.29) is 24.3 Å². The molecule has 1 saturated heterocycles. The summed E-state index contributed by atoms with van der Waals surface area (Å²) in [7, 11) is 0. The van der Waals surface area contributed by atoms with Gasteiger partial charge in [0.1, 0.15) is 12.3 Å². The van der Waals surface area contributed by atoms with Gasteiger partial charge in [-0.3, -0.25) is 19.2 Å². The van der Waals surface area contributed by atoms with Crippen LogP contribution >= 0.6 is 11.6 Å². The summed E-state index contributed by atoms with van der Waals surface area (Å²) in [5, 5.41) is 13.4. The van der Waals surface area contributed by atoms with Crippen LogP contribution in [-0.4, -0.2) is 65.2 Å². The Kier molecular flexibility index (Phi) is 14.4. The first-order valence-corrected chi connectivity index (χ1v) is 11.2. The number of amides is 3. The van der Waals surface area contributed by atoms with Gasteiger partial charge in [0, 0.05) is 23.2 Å². The Hall–Kier alpha value is -2.94. The molecule has 3 N–H and O–H groups in total. The van der Waals surface area contributed by atoms with E-state index < -0.39 is 18.1 Å². The maximum atomic E-state index is 12.4. The lowest BCUT2D eigenvalue weighted by molar-refractivity contribution is -0.138. The lowest BCUT2D eigenvalue weighted by atomic mass is 10.1. The monoisotopic (exact) mass is 483 g/mol. The average molecular weight is 484 g/mol. The van der Waals surface area contributed by atoms with Gasteiger partial charge < -0.3 is 25.4 Å². The van der Waals surface area contributed by atoms with Crippen LogP contribution in [-0.2, 0) is 19.2 Å². The van der Waals surface area contributed by atoms with Crippen LogP contribution in [0.25, 0.3) is 0 Å². The van der Waals surface area contributed by atoms with E-state index in [1.54, 1.807) is 25.1 Å². The Labute approximate surface area is 199 Å². The number of hydrogen-bond donors (Lipinski definition) is 3. The van der Waals surface area contributed by atoms with Gasteiger partial charge in [0.05, 0.1) is 12.5 Å². The molecule has 33 heavy (non-hydrogen) atoms. The van der Waals surface area contributed by atoms with Crippen molar-refractivity contribution in [2.75, 3.05) is 6.54 Å². The van der Waals surface area contributed by atoms with E-state index in [1.165, 1.54) is 0 Å². The molecule has 0 saturated carbocycles. The summed E-state index contributed by atoms with van der Waals surface area (Å²) in [5.74, 6) is -1.40. The van der Waals surface area contributed by atoms with E-state index >= 15 is 0 Å². The van der Waals surface area contributed by atoms with Gasteiger partial charge in [0.25, 0.3) is 5.91 Å². The highest BCUT2D eigenvalue weighted by atomic mass is 35.5. The normalized spacial score (nSPS) is 16.1. The van der Waals surface area contributed by atoms with Crippen molar-refractivity contribution in [2.24, 2.45) is 0 Å².